The van der Waals surface area contributed by atoms with Gasteiger partial charge in [0.05, 0.1) is 5.25 Å². The Balaban J connectivity index is 2.60. The third-order valence-corrected chi connectivity index (χ3v) is 4.72. The van der Waals surface area contributed by atoms with Crippen LogP contribution in [0.15, 0.2) is 0 Å². The van der Waals surface area contributed by atoms with Gasteiger partial charge in [0.15, 0.2) is 9.84 Å². The molecule has 0 radical (unpaired) electrons. The molecule has 0 amide bonds. The largest absolute Gasteiger partial charge is 0.317 e. The molecule has 0 aromatic carbocycles. The molecule has 1 rings (SSSR count). The van der Waals surface area contributed by atoms with Crippen LogP contribution < -0.4 is 5.32 Å². The summed E-state index contributed by atoms with van der Waals surface area (Å²) in [5.41, 5.74) is 0. The van der Waals surface area contributed by atoms with Crippen molar-refractivity contribution in [1.29, 1.82) is 0 Å². The van der Waals surface area contributed by atoms with E-state index in [4.69, 9.17) is 0 Å². The van der Waals surface area contributed by atoms with Gasteiger partial charge in [-0.15, -0.1) is 0 Å². The third-order valence-electron chi connectivity index (χ3n) is 2.43. The fourth-order valence-electron chi connectivity index (χ4n) is 1.58. The molecular formula is C8H17NO2S. The maximum atomic E-state index is 11.5. The van der Waals surface area contributed by atoms with Crippen molar-refractivity contribution in [2.75, 3.05) is 18.8 Å². The Morgan fingerprint density at radius 3 is 2.75 bits per heavy atom. The molecule has 1 aliphatic rings. The van der Waals surface area contributed by atoms with Crippen molar-refractivity contribution in [2.45, 2.75) is 31.4 Å². The molecule has 4 heteroatoms. The first-order chi connectivity index (χ1) is 5.67. The molecule has 12 heavy (non-hydrogen) atoms. The van der Waals surface area contributed by atoms with Crippen molar-refractivity contribution in [3.05, 3.63) is 0 Å². The van der Waals surface area contributed by atoms with Crippen LogP contribution in [-0.2, 0) is 9.84 Å². The highest BCUT2D eigenvalue weighted by molar-refractivity contribution is 7.92. The Morgan fingerprint density at radius 2 is 2.08 bits per heavy atom. The molecule has 0 bridgehead atoms. The Labute approximate surface area is 74.5 Å². The summed E-state index contributed by atoms with van der Waals surface area (Å²) in [5.74, 6) is 0.289. The van der Waals surface area contributed by atoms with E-state index >= 15 is 0 Å². The molecule has 0 aliphatic carbocycles. The minimum Gasteiger partial charge on any atom is -0.317 e. The number of rotatable bonds is 2. The van der Waals surface area contributed by atoms with Crippen molar-refractivity contribution in [1.82, 2.24) is 5.32 Å². The molecular weight excluding hydrogens is 174 g/mol. The molecule has 0 aromatic rings. The zero-order valence-electron chi connectivity index (χ0n) is 7.54. The van der Waals surface area contributed by atoms with E-state index in [2.05, 4.69) is 5.32 Å². The zero-order valence-corrected chi connectivity index (χ0v) is 8.36. The van der Waals surface area contributed by atoms with Crippen molar-refractivity contribution in [3.8, 4) is 0 Å². The van der Waals surface area contributed by atoms with Gasteiger partial charge in [0.1, 0.15) is 0 Å². The predicted molar refractivity (Wildman–Crippen MR) is 50.0 cm³/mol. The van der Waals surface area contributed by atoms with Gasteiger partial charge < -0.3 is 5.32 Å². The molecule has 1 heterocycles. The number of nitrogens with one attached hydrogen (secondary N) is 1. The van der Waals surface area contributed by atoms with Crippen LogP contribution in [0.1, 0.15) is 26.2 Å². The minimum absolute atomic E-state index is 0.0856. The summed E-state index contributed by atoms with van der Waals surface area (Å²) < 4.78 is 23.0. The first-order valence-corrected chi connectivity index (χ1v) is 6.30. The average molecular weight is 191 g/mol. The van der Waals surface area contributed by atoms with Crippen LogP contribution in [0.3, 0.4) is 0 Å². The molecule has 0 spiro atoms. The summed E-state index contributed by atoms with van der Waals surface area (Å²) in [6, 6.07) is 0. The van der Waals surface area contributed by atoms with Gasteiger partial charge in [-0.3, -0.25) is 0 Å². The smallest absolute Gasteiger partial charge is 0.152 e. The number of sulfone groups is 1. The summed E-state index contributed by atoms with van der Waals surface area (Å²) in [6.07, 6.45) is 2.61. The van der Waals surface area contributed by atoms with E-state index in [0.717, 1.165) is 32.4 Å². The molecule has 3 nitrogen and oxygen atoms in total. The number of hydrogen-bond donors (Lipinski definition) is 1. The first-order valence-electron chi connectivity index (χ1n) is 4.59. The van der Waals surface area contributed by atoms with E-state index in [9.17, 15) is 8.42 Å². The van der Waals surface area contributed by atoms with Crippen molar-refractivity contribution >= 4 is 9.84 Å². The molecule has 1 saturated heterocycles. The fourth-order valence-corrected chi connectivity index (χ4v) is 3.06. The third kappa shape index (κ3) is 2.45. The minimum atomic E-state index is -2.78. The summed E-state index contributed by atoms with van der Waals surface area (Å²) >= 11 is 0. The molecule has 1 fully saturated rings. The first kappa shape index (κ1) is 9.99. The lowest BCUT2D eigenvalue weighted by atomic mass is 10.2. The molecule has 1 N–H and O–H groups in total. The highest BCUT2D eigenvalue weighted by Gasteiger charge is 2.23. The fraction of sp³-hybridized carbons (Fsp3) is 1.00. The van der Waals surface area contributed by atoms with Crippen LogP contribution in [0, 0.1) is 0 Å². The van der Waals surface area contributed by atoms with E-state index in [1.165, 1.54) is 0 Å². The summed E-state index contributed by atoms with van der Waals surface area (Å²) in [7, 11) is -2.78. The maximum absolute atomic E-state index is 11.5. The predicted octanol–water partition coefficient (Wildman–Crippen LogP) is 0.563. The maximum Gasteiger partial charge on any atom is 0.152 e. The van der Waals surface area contributed by atoms with Crippen LogP contribution in [-0.4, -0.2) is 32.5 Å². The van der Waals surface area contributed by atoms with Crippen LogP contribution in [0.25, 0.3) is 0 Å². The highest BCUT2D eigenvalue weighted by Crippen LogP contribution is 2.15. The van der Waals surface area contributed by atoms with Crippen molar-refractivity contribution in [2.24, 2.45) is 0 Å². The van der Waals surface area contributed by atoms with Gasteiger partial charge in [-0.25, -0.2) is 8.42 Å². The van der Waals surface area contributed by atoms with E-state index in [-0.39, 0.29) is 11.0 Å². The van der Waals surface area contributed by atoms with Crippen LogP contribution in [0.2, 0.25) is 0 Å². The molecule has 1 unspecified atom stereocenters. The van der Waals surface area contributed by atoms with E-state index in [1.54, 1.807) is 6.92 Å². The lowest BCUT2D eigenvalue weighted by Crippen LogP contribution is -2.24. The lowest BCUT2D eigenvalue weighted by Gasteiger charge is -2.12. The summed E-state index contributed by atoms with van der Waals surface area (Å²) in [6.45, 7) is 3.55. The second kappa shape index (κ2) is 4.23. The van der Waals surface area contributed by atoms with Gasteiger partial charge >= 0.3 is 0 Å². The van der Waals surface area contributed by atoms with Gasteiger partial charge in [-0.05, 0) is 32.4 Å². The van der Waals surface area contributed by atoms with E-state index in [0.29, 0.717) is 0 Å². The molecule has 72 valence electrons. The monoisotopic (exact) mass is 191 g/mol. The Bertz CT molecular complexity index is 215. The Kier molecular flexibility index (Phi) is 3.53. The standard InChI is InChI=1S/C8H17NO2S/c1-2-12(10,11)8-4-3-6-9-7-5-8/h8-9H,2-7H2,1H3. The lowest BCUT2D eigenvalue weighted by molar-refractivity contribution is 0.567. The molecule has 1 atom stereocenters. The summed E-state index contributed by atoms with van der Waals surface area (Å²) in [4.78, 5) is 0. The van der Waals surface area contributed by atoms with Gasteiger partial charge in [-0.1, -0.05) is 6.92 Å². The Hall–Kier alpha value is -0.0900. The SMILES string of the molecule is CCS(=O)(=O)C1CCCNCC1. The second-order valence-electron chi connectivity index (χ2n) is 3.25. The van der Waals surface area contributed by atoms with Gasteiger partial charge in [0, 0.05) is 5.75 Å². The van der Waals surface area contributed by atoms with E-state index < -0.39 is 9.84 Å². The van der Waals surface area contributed by atoms with Crippen LogP contribution >= 0.6 is 0 Å². The molecule has 1 aliphatic heterocycles. The number of hydrogen-bond acceptors (Lipinski definition) is 3. The quantitative estimate of drug-likeness (QED) is 0.694. The van der Waals surface area contributed by atoms with Gasteiger partial charge in [-0.2, -0.15) is 0 Å². The second-order valence-corrected chi connectivity index (χ2v) is 5.82. The van der Waals surface area contributed by atoms with Crippen LogP contribution in [0.5, 0.6) is 0 Å². The van der Waals surface area contributed by atoms with Crippen molar-refractivity contribution in [3.63, 3.8) is 0 Å². The Morgan fingerprint density at radius 1 is 1.33 bits per heavy atom. The molecule has 0 saturated carbocycles. The zero-order chi connectivity index (χ0) is 9.03. The topological polar surface area (TPSA) is 46.2 Å². The normalized spacial score (nSPS) is 26.6. The summed E-state index contributed by atoms with van der Waals surface area (Å²) in [5, 5.41) is 3.12. The average Bonchev–Trinajstić information content (AvgIpc) is 2.32. The van der Waals surface area contributed by atoms with E-state index in [1.807, 2.05) is 0 Å². The van der Waals surface area contributed by atoms with Gasteiger partial charge in [0.2, 0.25) is 0 Å². The van der Waals surface area contributed by atoms with Gasteiger partial charge in [0.25, 0.3) is 0 Å². The van der Waals surface area contributed by atoms with Crippen LogP contribution in [0.4, 0.5) is 0 Å². The van der Waals surface area contributed by atoms with Crippen molar-refractivity contribution < 1.29 is 8.42 Å². The highest BCUT2D eigenvalue weighted by atomic mass is 32.2. The molecule has 0 aromatic heterocycles.